The smallest absolute Gasteiger partial charge is 0.128 e. The summed E-state index contributed by atoms with van der Waals surface area (Å²) in [5.41, 5.74) is 1.06. The van der Waals surface area contributed by atoms with E-state index in [1.54, 1.807) is 0 Å². The van der Waals surface area contributed by atoms with Crippen molar-refractivity contribution in [3.63, 3.8) is 0 Å². The third-order valence-corrected chi connectivity index (χ3v) is 2.30. The molecule has 0 aliphatic carbocycles. The molecule has 1 unspecified atom stereocenters. The fourth-order valence-electron chi connectivity index (χ4n) is 1.33. The van der Waals surface area contributed by atoms with Crippen LogP contribution in [0.15, 0.2) is 11.6 Å². The Morgan fingerprint density at radius 2 is 2.33 bits per heavy atom. The molecule has 12 heavy (non-hydrogen) atoms. The van der Waals surface area contributed by atoms with Gasteiger partial charge >= 0.3 is 0 Å². The minimum Gasteiger partial charge on any atom is -0.380 e. The first kappa shape index (κ1) is 9.46. The standard InChI is InChI=1S/C10H16O2/c1-9(2)3-4-10(7-11)5-6-12-8-10/h3,7H,4-6,8H2,1-2H3. The normalized spacial score (nSPS) is 28.5. The number of carbonyl (C=O) groups is 1. The van der Waals surface area contributed by atoms with E-state index in [4.69, 9.17) is 4.74 Å². The Kier molecular flexibility index (Phi) is 3.04. The Morgan fingerprint density at radius 1 is 1.58 bits per heavy atom. The molecule has 1 saturated heterocycles. The quantitative estimate of drug-likeness (QED) is 0.475. The van der Waals surface area contributed by atoms with Crippen molar-refractivity contribution in [1.29, 1.82) is 0 Å². The molecule has 2 heteroatoms. The number of hydrogen-bond acceptors (Lipinski definition) is 2. The van der Waals surface area contributed by atoms with Crippen LogP contribution in [-0.4, -0.2) is 19.5 Å². The van der Waals surface area contributed by atoms with E-state index in [1.165, 1.54) is 5.57 Å². The lowest BCUT2D eigenvalue weighted by atomic mass is 9.85. The molecule has 0 amide bonds. The lowest BCUT2D eigenvalue weighted by molar-refractivity contribution is -0.116. The topological polar surface area (TPSA) is 26.3 Å². The molecular formula is C10H16O2. The summed E-state index contributed by atoms with van der Waals surface area (Å²) in [4.78, 5) is 10.8. The van der Waals surface area contributed by atoms with Crippen LogP contribution in [0.5, 0.6) is 0 Å². The van der Waals surface area contributed by atoms with Gasteiger partial charge in [-0.1, -0.05) is 11.6 Å². The number of aldehydes is 1. The van der Waals surface area contributed by atoms with Crippen molar-refractivity contribution in [3.05, 3.63) is 11.6 Å². The first-order valence-electron chi connectivity index (χ1n) is 4.36. The van der Waals surface area contributed by atoms with E-state index in [0.29, 0.717) is 6.61 Å². The van der Waals surface area contributed by atoms with Crippen molar-refractivity contribution in [2.24, 2.45) is 5.41 Å². The van der Waals surface area contributed by atoms with Crippen molar-refractivity contribution in [1.82, 2.24) is 0 Å². The molecule has 68 valence electrons. The molecule has 0 saturated carbocycles. The maximum Gasteiger partial charge on any atom is 0.128 e. The molecule has 0 N–H and O–H groups in total. The molecule has 1 atom stereocenters. The third kappa shape index (κ3) is 2.18. The van der Waals surface area contributed by atoms with E-state index in [0.717, 1.165) is 25.7 Å². The van der Waals surface area contributed by atoms with Gasteiger partial charge in [0.25, 0.3) is 0 Å². The van der Waals surface area contributed by atoms with E-state index < -0.39 is 0 Å². The van der Waals surface area contributed by atoms with Crippen LogP contribution < -0.4 is 0 Å². The number of rotatable bonds is 3. The average Bonchev–Trinajstić information content (AvgIpc) is 2.50. The molecule has 0 aromatic rings. The van der Waals surface area contributed by atoms with Crippen molar-refractivity contribution in [2.75, 3.05) is 13.2 Å². The summed E-state index contributed by atoms with van der Waals surface area (Å²) in [7, 11) is 0. The molecule has 1 fully saturated rings. The monoisotopic (exact) mass is 168 g/mol. The van der Waals surface area contributed by atoms with Gasteiger partial charge in [0.05, 0.1) is 12.0 Å². The van der Waals surface area contributed by atoms with Crippen LogP contribution in [-0.2, 0) is 9.53 Å². The summed E-state index contributed by atoms with van der Waals surface area (Å²) in [5, 5.41) is 0. The second-order valence-corrected chi connectivity index (χ2v) is 3.77. The van der Waals surface area contributed by atoms with Gasteiger partial charge in [0.2, 0.25) is 0 Å². The minimum absolute atomic E-state index is 0.211. The van der Waals surface area contributed by atoms with Gasteiger partial charge in [0.15, 0.2) is 0 Å². The van der Waals surface area contributed by atoms with Crippen LogP contribution in [0.3, 0.4) is 0 Å². The first-order chi connectivity index (χ1) is 5.68. The van der Waals surface area contributed by atoms with Crippen LogP contribution in [0.1, 0.15) is 26.7 Å². The highest BCUT2D eigenvalue weighted by molar-refractivity contribution is 5.60. The second kappa shape index (κ2) is 3.85. The molecule has 0 aromatic carbocycles. The Labute approximate surface area is 73.6 Å². The second-order valence-electron chi connectivity index (χ2n) is 3.77. The van der Waals surface area contributed by atoms with Gasteiger partial charge in [0.1, 0.15) is 6.29 Å². The third-order valence-electron chi connectivity index (χ3n) is 2.30. The summed E-state index contributed by atoms with van der Waals surface area (Å²) >= 11 is 0. The maximum absolute atomic E-state index is 10.8. The average molecular weight is 168 g/mol. The first-order valence-corrected chi connectivity index (χ1v) is 4.36. The van der Waals surface area contributed by atoms with Crippen molar-refractivity contribution < 1.29 is 9.53 Å². The van der Waals surface area contributed by atoms with Gasteiger partial charge in [-0.05, 0) is 26.7 Å². The molecule has 1 aliphatic rings. The molecule has 0 radical (unpaired) electrons. The van der Waals surface area contributed by atoms with E-state index >= 15 is 0 Å². The highest BCUT2D eigenvalue weighted by atomic mass is 16.5. The van der Waals surface area contributed by atoms with Crippen molar-refractivity contribution in [2.45, 2.75) is 26.7 Å². The van der Waals surface area contributed by atoms with Gasteiger partial charge in [-0.2, -0.15) is 0 Å². The van der Waals surface area contributed by atoms with Crippen molar-refractivity contribution >= 4 is 6.29 Å². The summed E-state index contributed by atoms with van der Waals surface area (Å²) in [6.45, 7) is 5.43. The van der Waals surface area contributed by atoms with E-state index in [-0.39, 0.29) is 5.41 Å². The van der Waals surface area contributed by atoms with E-state index in [1.807, 2.05) is 13.8 Å². The highest BCUT2D eigenvalue weighted by Gasteiger charge is 2.33. The summed E-state index contributed by atoms with van der Waals surface area (Å²) in [5.74, 6) is 0. The molecule has 1 heterocycles. The zero-order valence-electron chi connectivity index (χ0n) is 7.80. The molecule has 1 rings (SSSR count). The fraction of sp³-hybridized carbons (Fsp3) is 0.700. The summed E-state index contributed by atoms with van der Waals surface area (Å²) in [6, 6.07) is 0. The predicted octanol–water partition coefficient (Wildman–Crippen LogP) is 1.95. The molecule has 0 spiro atoms. The van der Waals surface area contributed by atoms with E-state index in [9.17, 15) is 4.79 Å². The fourth-order valence-corrected chi connectivity index (χ4v) is 1.33. The van der Waals surface area contributed by atoms with Crippen molar-refractivity contribution in [3.8, 4) is 0 Å². The number of ether oxygens (including phenoxy) is 1. The van der Waals surface area contributed by atoms with Crippen LogP contribution in [0.25, 0.3) is 0 Å². The van der Waals surface area contributed by atoms with Gasteiger partial charge in [0, 0.05) is 6.61 Å². The lowest BCUT2D eigenvalue weighted by Gasteiger charge is -2.17. The molecule has 0 aromatic heterocycles. The van der Waals surface area contributed by atoms with Gasteiger partial charge < -0.3 is 9.53 Å². The molecular weight excluding hydrogens is 152 g/mol. The lowest BCUT2D eigenvalue weighted by Crippen LogP contribution is -2.21. The number of hydrogen-bond donors (Lipinski definition) is 0. The Bertz CT molecular complexity index is 184. The highest BCUT2D eigenvalue weighted by Crippen LogP contribution is 2.30. The summed E-state index contributed by atoms with van der Waals surface area (Å²) in [6.07, 6.45) is 4.88. The maximum atomic E-state index is 10.8. The summed E-state index contributed by atoms with van der Waals surface area (Å²) < 4.78 is 5.22. The van der Waals surface area contributed by atoms with Crippen LogP contribution in [0.4, 0.5) is 0 Å². The van der Waals surface area contributed by atoms with Gasteiger partial charge in [-0.25, -0.2) is 0 Å². The zero-order valence-corrected chi connectivity index (χ0v) is 7.80. The van der Waals surface area contributed by atoms with Crippen LogP contribution in [0, 0.1) is 5.41 Å². The number of carbonyl (C=O) groups excluding carboxylic acids is 1. The van der Waals surface area contributed by atoms with Crippen LogP contribution >= 0.6 is 0 Å². The molecule has 0 bridgehead atoms. The zero-order chi connectivity index (χ0) is 9.03. The van der Waals surface area contributed by atoms with E-state index in [2.05, 4.69) is 6.08 Å². The SMILES string of the molecule is CC(C)=CCC1(C=O)CCOC1. The molecule has 1 aliphatic heterocycles. The Hall–Kier alpha value is -0.630. The van der Waals surface area contributed by atoms with Gasteiger partial charge in [-0.15, -0.1) is 0 Å². The predicted molar refractivity (Wildman–Crippen MR) is 48.0 cm³/mol. The van der Waals surface area contributed by atoms with Crippen LogP contribution in [0.2, 0.25) is 0 Å². The Balaban J connectivity index is 2.55. The largest absolute Gasteiger partial charge is 0.380 e. The van der Waals surface area contributed by atoms with Gasteiger partial charge in [-0.3, -0.25) is 0 Å². The Morgan fingerprint density at radius 3 is 2.75 bits per heavy atom. The molecule has 2 nitrogen and oxygen atoms in total. The minimum atomic E-state index is -0.211. The number of allylic oxidation sites excluding steroid dienone is 2.